The lowest BCUT2D eigenvalue weighted by Crippen LogP contribution is -2.71. The fourth-order valence-electron chi connectivity index (χ4n) is 17.5. The first-order valence-electron chi connectivity index (χ1n) is 29.8. The largest absolute Gasteiger partial charge is 0.554 e. The van der Waals surface area contributed by atoms with Crippen LogP contribution < -0.4 is 10.7 Å². The van der Waals surface area contributed by atoms with Crippen molar-refractivity contribution in [2.24, 2.45) is 0 Å². The van der Waals surface area contributed by atoms with E-state index in [2.05, 4.69) is 285 Å². The number of hydrogen-bond donors (Lipinski definition) is 0. The Kier molecular flexibility index (Phi) is 7.62. The van der Waals surface area contributed by atoms with Crippen molar-refractivity contribution in [1.82, 2.24) is 9.13 Å². The minimum absolute atomic E-state index is 1.15. The van der Waals surface area contributed by atoms with Crippen molar-refractivity contribution in [3.8, 4) is 44.5 Å². The standard InChI is InChI=1S/C81H44N4/c1-5-23-45(24-6-1)65-73-55-35-17-19-37-57(55)75-67(47-27-9-3-10-28-47)80-72-60-42-22-40-54-50-32-14-16-34-52(50)62(70(54)60)44-64(72)78-66(46-25-7-2-8-26-46)74-56-36-18-20-38-58(56)76-68(48-29-11-4-12-30-48)79-71-59-41-21-39-53-49-31-13-15-33-51(49)61(69(53)59)43-63(71)77(65)84(79)81(82(73)75,83(74)76)85(78)80/h1-44H/q+2. The van der Waals surface area contributed by atoms with Crippen molar-refractivity contribution >= 4 is 88.2 Å². The highest BCUT2D eigenvalue weighted by atomic mass is 15.6. The molecule has 0 saturated carbocycles. The summed E-state index contributed by atoms with van der Waals surface area (Å²) < 4.78 is 11.5. The van der Waals surface area contributed by atoms with Crippen molar-refractivity contribution in [2.45, 2.75) is 5.91 Å². The summed E-state index contributed by atoms with van der Waals surface area (Å²) in [6.07, 6.45) is 0. The highest BCUT2D eigenvalue weighted by molar-refractivity contribution is 6.39. The van der Waals surface area contributed by atoms with Crippen LogP contribution in [0.5, 0.6) is 0 Å². The second-order valence-electron chi connectivity index (χ2n) is 24.0. The van der Waals surface area contributed by atoms with Crippen LogP contribution in [0.4, 0.5) is 0 Å². The zero-order chi connectivity index (χ0) is 54.7. The summed E-state index contributed by atoms with van der Waals surface area (Å²) in [7, 11) is 0. The van der Waals surface area contributed by atoms with Crippen LogP contribution >= 0.6 is 0 Å². The maximum absolute atomic E-state index is 2.90. The molecule has 85 heavy (non-hydrogen) atoms. The van der Waals surface area contributed by atoms with Gasteiger partial charge in [-0.1, -0.05) is 240 Å². The first-order valence-corrected chi connectivity index (χ1v) is 29.8. The molecular formula is C81H44N4+2. The highest BCUT2D eigenvalue weighted by Crippen LogP contribution is 2.63. The molecule has 14 aromatic rings. The van der Waals surface area contributed by atoms with Gasteiger partial charge in [-0.25, -0.2) is 0 Å². The van der Waals surface area contributed by atoms with Gasteiger partial charge in [0.25, 0.3) is 0 Å². The Morgan fingerprint density at radius 1 is 0.235 bits per heavy atom. The van der Waals surface area contributed by atoms with E-state index in [9.17, 15) is 0 Å². The fraction of sp³-hybridized carbons (Fsp3) is 0.0123. The SMILES string of the molecule is c1ccc(C2=C3c4ccccc4C4=[N+]3C35n6c2c2cc7c8c(cccc8c2c6C(c2ccccc2)=C2c6ccccc6C(=[N+]23)C(c2ccccc2)=c2c3cc6c8c(cccc8c3c(n25)=C4c2ccccc2)-c2ccccc2-6)-c2ccccc2-7)cc1. The topological polar surface area (TPSA) is 15.9 Å². The molecular weight excluding hydrogens is 1030 g/mol. The van der Waals surface area contributed by atoms with Crippen LogP contribution in [0, 0.1) is 0 Å². The minimum atomic E-state index is -1.15. The van der Waals surface area contributed by atoms with Crippen molar-refractivity contribution in [3.63, 3.8) is 0 Å². The average molecular weight is 1070 g/mol. The number of hydrogen-bond acceptors (Lipinski definition) is 0. The molecule has 0 bridgehead atoms. The first-order chi connectivity index (χ1) is 42.3. The van der Waals surface area contributed by atoms with Crippen LogP contribution in [0.15, 0.2) is 267 Å². The molecule has 0 fully saturated rings. The summed E-state index contributed by atoms with van der Waals surface area (Å²) >= 11 is 0. The summed E-state index contributed by atoms with van der Waals surface area (Å²) in [6, 6.07) is 102. The third kappa shape index (κ3) is 4.76. The highest BCUT2D eigenvalue weighted by Gasteiger charge is 2.76. The molecule has 386 valence electrons. The molecule has 12 aromatic carbocycles. The molecule has 2 aromatic heterocycles. The molecule has 4 heteroatoms. The quantitative estimate of drug-likeness (QED) is 0.156. The summed E-state index contributed by atoms with van der Waals surface area (Å²) in [5, 5.41) is 12.7. The normalized spacial score (nSPS) is 17.0. The predicted molar refractivity (Wildman–Crippen MR) is 345 cm³/mol. The third-order valence-electron chi connectivity index (χ3n) is 20.3. The zero-order valence-corrected chi connectivity index (χ0v) is 45.7. The first kappa shape index (κ1) is 43.5. The van der Waals surface area contributed by atoms with Crippen LogP contribution in [-0.2, 0) is 5.91 Å². The molecule has 0 N–H and O–H groups in total. The molecule has 0 amide bonds. The van der Waals surface area contributed by atoms with E-state index in [-0.39, 0.29) is 0 Å². The van der Waals surface area contributed by atoms with Gasteiger partial charge in [0.1, 0.15) is 0 Å². The van der Waals surface area contributed by atoms with Gasteiger partial charge in [0.2, 0.25) is 22.8 Å². The number of fused-ring (bicyclic) bond motifs is 20. The second-order valence-corrected chi connectivity index (χ2v) is 24.0. The van der Waals surface area contributed by atoms with Crippen molar-refractivity contribution in [2.75, 3.05) is 0 Å². The zero-order valence-electron chi connectivity index (χ0n) is 45.7. The Bertz CT molecular complexity index is 5910. The van der Waals surface area contributed by atoms with Gasteiger partial charge >= 0.3 is 5.91 Å². The molecule has 1 unspecified atom stereocenters. The second kappa shape index (κ2) is 14.9. The molecule has 2 aliphatic carbocycles. The maximum Gasteiger partial charge on any atom is 0.554 e. The number of benzene rings is 12. The van der Waals surface area contributed by atoms with Gasteiger partial charge in [0.05, 0.1) is 66.6 Å². The minimum Gasteiger partial charge on any atom is -0.197 e. The lowest BCUT2D eigenvalue weighted by molar-refractivity contribution is -0.805. The van der Waals surface area contributed by atoms with Crippen molar-refractivity contribution < 1.29 is 9.15 Å². The van der Waals surface area contributed by atoms with Crippen LogP contribution in [0.25, 0.3) is 121 Å². The summed E-state index contributed by atoms with van der Waals surface area (Å²) in [6.45, 7) is 0. The van der Waals surface area contributed by atoms with Crippen LogP contribution in [0.2, 0.25) is 0 Å². The van der Waals surface area contributed by atoms with Gasteiger partial charge in [0.15, 0.2) is 0 Å². The Hall–Kier alpha value is -11.2. The van der Waals surface area contributed by atoms with Gasteiger partial charge in [-0.15, -0.1) is 0 Å². The Morgan fingerprint density at radius 3 is 1.08 bits per heavy atom. The molecule has 22 rings (SSSR count). The van der Waals surface area contributed by atoms with Gasteiger partial charge < -0.3 is 0 Å². The summed E-state index contributed by atoms with van der Waals surface area (Å²) in [5.41, 5.74) is 32.2. The number of nitrogens with zero attached hydrogens (tertiary/aromatic N) is 4. The van der Waals surface area contributed by atoms with Crippen LogP contribution in [-0.4, -0.2) is 29.7 Å². The summed E-state index contributed by atoms with van der Waals surface area (Å²) in [4.78, 5) is 0. The van der Waals surface area contributed by atoms with E-state index in [0.717, 1.165) is 0 Å². The molecule has 4 nitrogen and oxygen atoms in total. The van der Waals surface area contributed by atoms with E-state index in [0.29, 0.717) is 0 Å². The van der Waals surface area contributed by atoms with E-state index in [4.69, 9.17) is 0 Å². The number of aromatic nitrogens is 2. The van der Waals surface area contributed by atoms with Gasteiger partial charge in [-0.05, 0) is 125 Å². The van der Waals surface area contributed by atoms with Gasteiger partial charge in [0, 0.05) is 21.5 Å². The Morgan fingerprint density at radius 2 is 0.600 bits per heavy atom. The lowest BCUT2D eigenvalue weighted by atomic mass is 9.88. The molecule has 1 atom stereocenters. The van der Waals surface area contributed by atoms with Gasteiger partial charge in [-0.3, -0.25) is 0 Å². The Labute approximate surface area is 487 Å². The molecule has 0 radical (unpaired) electrons. The molecule has 0 saturated heterocycles. The van der Waals surface area contributed by atoms with Crippen LogP contribution in [0.1, 0.15) is 55.9 Å². The van der Waals surface area contributed by atoms with E-state index in [1.807, 2.05) is 0 Å². The predicted octanol–water partition coefficient (Wildman–Crippen LogP) is 16.2. The smallest absolute Gasteiger partial charge is 0.197 e. The number of rotatable bonds is 4. The van der Waals surface area contributed by atoms with E-state index >= 15 is 0 Å². The van der Waals surface area contributed by atoms with E-state index < -0.39 is 5.91 Å². The van der Waals surface area contributed by atoms with Gasteiger partial charge in [-0.2, -0.15) is 9.13 Å². The molecule has 1 spiro atoms. The lowest BCUT2D eigenvalue weighted by Gasteiger charge is -2.41. The van der Waals surface area contributed by atoms with E-state index in [1.54, 1.807) is 0 Å². The molecule has 8 aliphatic rings. The van der Waals surface area contributed by atoms with Crippen LogP contribution in [0.3, 0.4) is 0 Å². The monoisotopic (exact) mass is 1070 g/mol. The third-order valence-corrected chi connectivity index (χ3v) is 20.3. The molecule has 8 heterocycles. The average Bonchev–Trinajstić information content (AvgIpc) is 1.51. The van der Waals surface area contributed by atoms with E-state index in [1.165, 1.54) is 199 Å². The summed E-state index contributed by atoms with van der Waals surface area (Å²) in [5.74, 6) is -1.15. The van der Waals surface area contributed by atoms with Crippen molar-refractivity contribution in [1.29, 1.82) is 0 Å². The Balaban J connectivity index is 1.11. The maximum atomic E-state index is 2.90. The fourth-order valence-corrected chi connectivity index (χ4v) is 17.5. The molecule has 6 aliphatic heterocycles. The van der Waals surface area contributed by atoms with Crippen molar-refractivity contribution in [3.05, 3.63) is 334 Å².